The first kappa shape index (κ1) is 17.0. The van der Waals surface area contributed by atoms with Crippen LogP contribution >= 0.6 is 0 Å². The number of hydrogen-bond acceptors (Lipinski definition) is 4. The topological polar surface area (TPSA) is 81.0 Å². The van der Waals surface area contributed by atoms with Gasteiger partial charge in [-0.2, -0.15) is 0 Å². The Labute approximate surface area is 156 Å². The van der Waals surface area contributed by atoms with Gasteiger partial charge in [0.15, 0.2) is 0 Å². The first-order valence-corrected chi connectivity index (χ1v) is 8.66. The number of methoxy groups -OCH3 is 1. The summed E-state index contributed by atoms with van der Waals surface area (Å²) < 4.78 is 4.92. The standard InChI is InChI=1S/C22H19N3O2/c1-27-22(26)19-13-25-21-20(19)17(9-10-24-21)15-7-8-16(12-23)18(11-15)14-5-3-2-4-6-14/h2-11,13H,12,23H2,1H3,(H,24,25). The first-order chi connectivity index (χ1) is 13.2. The van der Waals surface area contributed by atoms with Crippen LogP contribution in [0.5, 0.6) is 0 Å². The molecule has 0 aliphatic rings. The van der Waals surface area contributed by atoms with Crippen LogP contribution in [0, 0.1) is 0 Å². The predicted octanol–water partition coefficient (Wildman–Crippen LogP) is 4.14. The number of aromatic amines is 1. The second kappa shape index (κ2) is 7.05. The summed E-state index contributed by atoms with van der Waals surface area (Å²) in [5.74, 6) is -0.391. The lowest BCUT2D eigenvalue weighted by Gasteiger charge is -2.12. The quantitative estimate of drug-likeness (QED) is 0.538. The van der Waals surface area contributed by atoms with E-state index in [0.29, 0.717) is 17.8 Å². The maximum atomic E-state index is 12.2. The molecule has 0 atom stereocenters. The lowest BCUT2D eigenvalue weighted by atomic mass is 9.93. The molecule has 0 radical (unpaired) electrons. The highest BCUT2D eigenvalue weighted by molar-refractivity contribution is 6.09. The third kappa shape index (κ3) is 2.98. The lowest BCUT2D eigenvalue weighted by Crippen LogP contribution is -2.01. The molecule has 4 rings (SSSR count). The fourth-order valence-electron chi connectivity index (χ4n) is 3.38. The number of nitrogens with two attached hydrogens (primary N) is 1. The summed E-state index contributed by atoms with van der Waals surface area (Å²) in [4.78, 5) is 19.6. The maximum absolute atomic E-state index is 12.2. The van der Waals surface area contributed by atoms with E-state index in [1.165, 1.54) is 7.11 Å². The van der Waals surface area contributed by atoms with Crippen molar-refractivity contribution in [2.75, 3.05) is 7.11 Å². The van der Waals surface area contributed by atoms with Crippen LogP contribution in [0.3, 0.4) is 0 Å². The number of aromatic nitrogens is 2. The second-order valence-corrected chi connectivity index (χ2v) is 6.22. The van der Waals surface area contributed by atoms with Crippen LogP contribution in [0.25, 0.3) is 33.3 Å². The highest BCUT2D eigenvalue weighted by atomic mass is 16.5. The molecule has 5 heteroatoms. The zero-order chi connectivity index (χ0) is 18.8. The largest absolute Gasteiger partial charge is 0.465 e. The zero-order valence-corrected chi connectivity index (χ0v) is 14.9. The number of esters is 1. The Kier molecular flexibility index (Phi) is 4.44. The predicted molar refractivity (Wildman–Crippen MR) is 106 cm³/mol. The summed E-state index contributed by atoms with van der Waals surface area (Å²) in [7, 11) is 1.38. The molecule has 4 aromatic rings. The molecule has 27 heavy (non-hydrogen) atoms. The van der Waals surface area contributed by atoms with Crippen LogP contribution in [0.1, 0.15) is 15.9 Å². The van der Waals surface area contributed by atoms with Crippen molar-refractivity contribution in [2.24, 2.45) is 5.73 Å². The van der Waals surface area contributed by atoms with Crippen molar-refractivity contribution in [1.82, 2.24) is 9.97 Å². The van der Waals surface area contributed by atoms with E-state index in [4.69, 9.17) is 10.5 Å². The van der Waals surface area contributed by atoms with E-state index in [9.17, 15) is 4.79 Å². The van der Waals surface area contributed by atoms with Crippen molar-refractivity contribution in [2.45, 2.75) is 6.54 Å². The summed E-state index contributed by atoms with van der Waals surface area (Å²) in [6.07, 6.45) is 3.37. The Bertz CT molecular complexity index is 1120. The minimum absolute atomic E-state index is 0.391. The van der Waals surface area contributed by atoms with Gasteiger partial charge >= 0.3 is 5.97 Å². The number of nitrogens with zero attached hydrogens (tertiary/aromatic N) is 1. The molecule has 0 fully saturated rings. The van der Waals surface area contributed by atoms with Crippen molar-refractivity contribution < 1.29 is 9.53 Å². The van der Waals surface area contributed by atoms with Gasteiger partial charge in [-0.3, -0.25) is 0 Å². The molecule has 134 valence electrons. The van der Waals surface area contributed by atoms with Crippen LogP contribution in [0.15, 0.2) is 67.0 Å². The van der Waals surface area contributed by atoms with E-state index < -0.39 is 5.97 Å². The molecule has 0 spiro atoms. The van der Waals surface area contributed by atoms with Crippen LogP contribution in [0.2, 0.25) is 0 Å². The van der Waals surface area contributed by atoms with E-state index in [1.807, 2.05) is 36.4 Å². The molecular formula is C22H19N3O2. The third-order valence-corrected chi connectivity index (χ3v) is 4.70. The zero-order valence-electron chi connectivity index (χ0n) is 14.9. The fraction of sp³-hybridized carbons (Fsp3) is 0.0909. The van der Waals surface area contributed by atoms with E-state index in [2.05, 4.69) is 28.2 Å². The number of fused-ring (bicyclic) bond motifs is 1. The molecular weight excluding hydrogens is 338 g/mol. The van der Waals surface area contributed by atoms with E-state index in [1.54, 1.807) is 12.4 Å². The number of pyridine rings is 1. The Morgan fingerprint density at radius 1 is 1.07 bits per heavy atom. The summed E-state index contributed by atoms with van der Waals surface area (Å²) in [6.45, 7) is 0.452. The third-order valence-electron chi connectivity index (χ3n) is 4.70. The molecule has 0 aliphatic carbocycles. The number of hydrogen-bond donors (Lipinski definition) is 2. The van der Waals surface area contributed by atoms with E-state index >= 15 is 0 Å². The number of carbonyl (C=O) groups is 1. The minimum atomic E-state index is -0.391. The number of rotatable bonds is 4. The molecule has 3 N–H and O–H groups in total. The van der Waals surface area contributed by atoms with Crippen molar-refractivity contribution in [3.8, 4) is 22.3 Å². The molecule has 2 heterocycles. The van der Waals surface area contributed by atoms with Crippen molar-refractivity contribution >= 4 is 17.0 Å². The van der Waals surface area contributed by atoms with Gasteiger partial charge in [-0.25, -0.2) is 9.78 Å². The van der Waals surface area contributed by atoms with Crippen molar-refractivity contribution in [3.05, 3.63) is 78.1 Å². The van der Waals surface area contributed by atoms with Gasteiger partial charge in [-0.15, -0.1) is 0 Å². The van der Waals surface area contributed by atoms with Crippen LogP contribution < -0.4 is 5.73 Å². The van der Waals surface area contributed by atoms with Gasteiger partial charge in [-0.05, 0) is 39.9 Å². The Morgan fingerprint density at radius 2 is 1.89 bits per heavy atom. The van der Waals surface area contributed by atoms with Crippen LogP contribution in [0.4, 0.5) is 0 Å². The SMILES string of the molecule is COC(=O)c1c[nH]c2nccc(-c3ccc(CN)c(-c4ccccc4)c3)c12. The van der Waals surface area contributed by atoms with Crippen molar-refractivity contribution in [3.63, 3.8) is 0 Å². The highest BCUT2D eigenvalue weighted by Gasteiger charge is 2.18. The van der Waals surface area contributed by atoms with E-state index in [-0.39, 0.29) is 0 Å². The maximum Gasteiger partial charge on any atom is 0.340 e. The molecule has 0 unspecified atom stereocenters. The Morgan fingerprint density at radius 3 is 2.63 bits per heavy atom. The smallest absolute Gasteiger partial charge is 0.340 e. The second-order valence-electron chi connectivity index (χ2n) is 6.22. The molecule has 0 bridgehead atoms. The molecule has 0 aliphatic heterocycles. The number of carbonyl (C=O) groups excluding carboxylic acids is 1. The molecule has 0 amide bonds. The van der Waals surface area contributed by atoms with Crippen LogP contribution in [-0.4, -0.2) is 23.0 Å². The summed E-state index contributed by atoms with van der Waals surface area (Å²) in [6, 6.07) is 18.2. The van der Waals surface area contributed by atoms with Gasteiger partial charge in [0.05, 0.1) is 12.7 Å². The van der Waals surface area contributed by atoms with Gasteiger partial charge in [0.25, 0.3) is 0 Å². The first-order valence-electron chi connectivity index (χ1n) is 8.66. The van der Waals surface area contributed by atoms with Crippen LogP contribution in [-0.2, 0) is 11.3 Å². The van der Waals surface area contributed by atoms with Gasteiger partial charge in [0, 0.05) is 24.3 Å². The van der Waals surface area contributed by atoms with Gasteiger partial charge < -0.3 is 15.5 Å². The van der Waals surface area contributed by atoms with Gasteiger partial charge in [0.2, 0.25) is 0 Å². The Hall–Kier alpha value is -3.44. The lowest BCUT2D eigenvalue weighted by molar-refractivity contribution is 0.0603. The molecule has 0 saturated carbocycles. The molecule has 2 aromatic carbocycles. The minimum Gasteiger partial charge on any atom is -0.465 e. The summed E-state index contributed by atoms with van der Waals surface area (Å²) in [5.41, 5.74) is 12.2. The number of benzene rings is 2. The molecule has 5 nitrogen and oxygen atoms in total. The van der Waals surface area contributed by atoms with E-state index in [0.717, 1.165) is 33.2 Å². The van der Waals surface area contributed by atoms with Crippen molar-refractivity contribution in [1.29, 1.82) is 0 Å². The Balaban J connectivity index is 1.95. The summed E-state index contributed by atoms with van der Waals surface area (Å²) >= 11 is 0. The average molecular weight is 357 g/mol. The number of ether oxygens (including phenoxy) is 1. The summed E-state index contributed by atoms with van der Waals surface area (Å²) in [5, 5.41) is 0.754. The van der Waals surface area contributed by atoms with Gasteiger partial charge in [-0.1, -0.05) is 42.5 Å². The fourth-order valence-corrected chi connectivity index (χ4v) is 3.38. The number of nitrogens with one attached hydrogen (secondary N) is 1. The molecule has 2 aromatic heterocycles. The average Bonchev–Trinajstić information content (AvgIpc) is 3.17. The normalized spacial score (nSPS) is 10.9. The monoisotopic (exact) mass is 357 g/mol. The number of H-pyrrole nitrogens is 1. The molecule has 0 saturated heterocycles. The van der Waals surface area contributed by atoms with Gasteiger partial charge in [0.1, 0.15) is 5.65 Å². The highest BCUT2D eigenvalue weighted by Crippen LogP contribution is 2.34.